The molecule has 1 fully saturated rings. The van der Waals surface area contributed by atoms with Crippen LogP contribution in [0.3, 0.4) is 0 Å². The number of ether oxygens (including phenoxy) is 1. The lowest BCUT2D eigenvalue weighted by molar-refractivity contribution is 0.132. The molecule has 1 amide bonds. The van der Waals surface area contributed by atoms with Crippen molar-refractivity contribution in [3.8, 4) is 11.8 Å². The number of alkyl carbamates (subject to hydrolysis) is 1. The molecule has 4 rings (SSSR count). The zero-order valence-corrected chi connectivity index (χ0v) is 13.7. The fraction of sp³-hybridized carbons (Fsp3) is 0.100. The predicted molar refractivity (Wildman–Crippen MR) is 93.8 cm³/mol. The summed E-state index contributed by atoms with van der Waals surface area (Å²) in [6.45, 7) is 0. The van der Waals surface area contributed by atoms with Crippen molar-refractivity contribution < 1.29 is 9.53 Å². The third-order valence-corrected chi connectivity index (χ3v) is 3.99. The van der Waals surface area contributed by atoms with Gasteiger partial charge in [-0.05, 0) is 29.8 Å². The zero-order chi connectivity index (χ0) is 17.8. The van der Waals surface area contributed by atoms with Crippen molar-refractivity contribution in [3.05, 3.63) is 89.5 Å². The van der Waals surface area contributed by atoms with Gasteiger partial charge < -0.3 is 10.1 Å². The SMILES string of the molecule is O=C1N[C@H](c2cncc(C#Cc3ccccc3)c2)[C@@H](c2ccnnc2)O1. The van der Waals surface area contributed by atoms with Crippen LogP contribution >= 0.6 is 0 Å². The number of aromatic nitrogens is 3. The monoisotopic (exact) mass is 342 g/mol. The van der Waals surface area contributed by atoms with Crippen LogP contribution in [0.25, 0.3) is 0 Å². The third kappa shape index (κ3) is 3.37. The molecule has 0 saturated carbocycles. The number of carbonyl (C=O) groups excluding carboxylic acids is 1. The first-order chi connectivity index (χ1) is 12.8. The lowest BCUT2D eigenvalue weighted by Gasteiger charge is -2.16. The van der Waals surface area contributed by atoms with Crippen LogP contribution in [0.1, 0.15) is 34.4 Å². The summed E-state index contributed by atoms with van der Waals surface area (Å²) in [4.78, 5) is 16.0. The number of benzene rings is 1. The topological polar surface area (TPSA) is 77.0 Å². The minimum Gasteiger partial charge on any atom is -0.439 e. The summed E-state index contributed by atoms with van der Waals surface area (Å²) in [5.41, 5.74) is 3.27. The number of amides is 1. The van der Waals surface area contributed by atoms with E-state index in [4.69, 9.17) is 4.74 Å². The fourth-order valence-electron chi connectivity index (χ4n) is 2.77. The Labute approximate surface area is 150 Å². The molecule has 1 aliphatic rings. The first-order valence-electron chi connectivity index (χ1n) is 8.05. The van der Waals surface area contributed by atoms with Crippen LogP contribution in [0.5, 0.6) is 0 Å². The molecular formula is C20H14N4O2. The highest BCUT2D eigenvalue weighted by atomic mass is 16.6. The molecule has 0 bridgehead atoms. The van der Waals surface area contributed by atoms with Gasteiger partial charge in [0.2, 0.25) is 0 Å². The van der Waals surface area contributed by atoms with Crippen molar-refractivity contribution >= 4 is 6.09 Å². The van der Waals surface area contributed by atoms with Crippen LogP contribution in [0, 0.1) is 11.8 Å². The standard InChI is InChI=1S/C20H14N4O2/c25-20-24-18(19(26-20)16-8-9-22-23-13-16)17-10-15(11-21-12-17)7-6-14-4-2-1-3-5-14/h1-5,8-13,18-19H,(H,24,25)/t18-,19-/m1/s1. The summed E-state index contributed by atoms with van der Waals surface area (Å²) in [5.74, 6) is 6.21. The molecule has 3 aromatic rings. The number of hydrogen-bond acceptors (Lipinski definition) is 5. The van der Waals surface area contributed by atoms with Gasteiger partial charge in [0.05, 0.1) is 6.20 Å². The molecule has 0 aliphatic carbocycles. The highest BCUT2D eigenvalue weighted by molar-refractivity contribution is 5.71. The second kappa shape index (κ2) is 7.03. The van der Waals surface area contributed by atoms with E-state index in [-0.39, 0.29) is 6.04 Å². The summed E-state index contributed by atoms with van der Waals surface area (Å²) in [6, 6.07) is 13.0. The highest BCUT2D eigenvalue weighted by Crippen LogP contribution is 2.35. The van der Waals surface area contributed by atoms with E-state index in [9.17, 15) is 4.79 Å². The average molecular weight is 342 g/mol. The Morgan fingerprint density at radius 2 is 1.77 bits per heavy atom. The van der Waals surface area contributed by atoms with Crippen molar-refractivity contribution in [2.24, 2.45) is 0 Å². The lowest BCUT2D eigenvalue weighted by Crippen LogP contribution is -2.20. The molecule has 1 saturated heterocycles. The van der Waals surface area contributed by atoms with Crippen molar-refractivity contribution in [1.82, 2.24) is 20.5 Å². The van der Waals surface area contributed by atoms with Gasteiger partial charge in [0.15, 0.2) is 6.10 Å². The van der Waals surface area contributed by atoms with Gasteiger partial charge >= 0.3 is 6.09 Å². The maximum Gasteiger partial charge on any atom is 0.408 e. The number of hydrogen-bond donors (Lipinski definition) is 1. The van der Waals surface area contributed by atoms with Gasteiger partial charge in [-0.1, -0.05) is 30.0 Å². The second-order valence-corrected chi connectivity index (χ2v) is 5.75. The quantitative estimate of drug-likeness (QED) is 0.725. The van der Waals surface area contributed by atoms with E-state index in [1.807, 2.05) is 36.4 Å². The molecule has 6 nitrogen and oxygen atoms in total. The van der Waals surface area contributed by atoms with E-state index >= 15 is 0 Å². The molecule has 3 heterocycles. The van der Waals surface area contributed by atoms with Crippen LogP contribution in [-0.2, 0) is 4.74 Å². The minimum atomic E-state index is -0.489. The summed E-state index contributed by atoms with van der Waals surface area (Å²) < 4.78 is 5.40. The molecule has 2 aromatic heterocycles. The number of nitrogens with one attached hydrogen (secondary N) is 1. The van der Waals surface area contributed by atoms with Crippen molar-refractivity contribution in [1.29, 1.82) is 0 Å². The third-order valence-electron chi connectivity index (χ3n) is 3.99. The normalized spacial score (nSPS) is 18.4. The number of rotatable bonds is 2. The minimum absolute atomic E-state index is 0.363. The molecule has 1 N–H and O–H groups in total. The molecular weight excluding hydrogens is 328 g/mol. The van der Waals surface area contributed by atoms with E-state index in [1.165, 1.54) is 0 Å². The van der Waals surface area contributed by atoms with Gasteiger partial charge in [0.25, 0.3) is 0 Å². The summed E-state index contributed by atoms with van der Waals surface area (Å²) in [7, 11) is 0. The van der Waals surface area contributed by atoms with Crippen molar-refractivity contribution in [2.75, 3.05) is 0 Å². The van der Waals surface area contributed by atoms with Crippen LogP contribution in [-0.4, -0.2) is 21.3 Å². The Morgan fingerprint density at radius 3 is 2.58 bits per heavy atom. The zero-order valence-electron chi connectivity index (χ0n) is 13.7. The fourth-order valence-corrected chi connectivity index (χ4v) is 2.77. The summed E-state index contributed by atoms with van der Waals surface area (Å²) >= 11 is 0. The number of carbonyl (C=O) groups is 1. The van der Waals surface area contributed by atoms with Crippen LogP contribution < -0.4 is 5.32 Å². The molecule has 2 atom stereocenters. The molecule has 0 spiro atoms. The van der Waals surface area contributed by atoms with Gasteiger partial charge in [-0.15, -0.1) is 0 Å². The average Bonchev–Trinajstić information content (AvgIpc) is 3.10. The maximum atomic E-state index is 11.8. The van der Waals surface area contributed by atoms with E-state index in [1.54, 1.807) is 30.9 Å². The van der Waals surface area contributed by atoms with Crippen LogP contribution in [0.2, 0.25) is 0 Å². The molecule has 6 heteroatoms. The van der Waals surface area contributed by atoms with E-state index < -0.39 is 12.2 Å². The van der Waals surface area contributed by atoms with Gasteiger partial charge in [0.1, 0.15) is 6.04 Å². The predicted octanol–water partition coefficient (Wildman–Crippen LogP) is 2.79. The number of nitrogens with zero attached hydrogens (tertiary/aromatic N) is 3. The Kier molecular flexibility index (Phi) is 4.27. The van der Waals surface area contributed by atoms with E-state index in [2.05, 4.69) is 32.3 Å². The van der Waals surface area contributed by atoms with E-state index in [0.717, 1.165) is 22.3 Å². The Balaban J connectivity index is 1.63. The largest absolute Gasteiger partial charge is 0.439 e. The molecule has 0 radical (unpaired) electrons. The van der Waals surface area contributed by atoms with Crippen LogP contribution in [0.4, 0.5) is 4.79 Å². The van der Waals surface area contributed by atoms with Gasteiger partial charge in [-0.3, -0.25) is 4.98 Å². The van der Waals surface area contributed by atoms with Crippen molar-refractivity contribution in [2.45, 2.75) is 12.1 Å². The Hall–Kier alpha value is -3.72. The molecule has 126 valence electrons. The van der Waals surface area contributed by atoms with Crippen LogP contribution in [0.15, 0.2) is 67.3 Å². The van der Waals surface area contributed by atoms with E-state index in [0.29, 0.717) is 0 Å². The molecule has 0 unspecified atom stereocenters. The summed E-state index contributed by atoms with van der Waals surface area (Å²) in [5, 5.41) is 10.4. The maximum absolute atomic E-state index is 11.8. The second-order valence-electron chi connectivity index (χ2n) is 5.75. The first-order valence-corrected chi connectivity index (χ1v) is 8.05. The lowest BCUT2D eigenvalue weighted by atomic mass is 9.98. The van der Waals surface area contributed by atoms with Gasteiger partial charge in [-0.25, -0.2) is 4.79 Å². The number of cyclic esters (lactones) is 1. The number of pyridine rings is 1. The van der Waals surface area contributed by atoms with Gasteiger partial charge in [0, 0.05) is 35.3 Å². The van der Waals surface area contributed by atoms with Crippen molar-refractivity contribution in [3.63, 3.8) is 0 Å². The smallest absolute Gasteiger partial charge is 0.408 e. The summed E-state index contributed by atoms with van der Waals surface area (Å²) in [6.07, 6.45) is 5.59. The molecule has 26 heavy (non-hydrogen) atoms. The molecule has 1 aromatic carbocycles. The molecule has 1 aliphatic heterocycles. The highest BCUT2D eigenvalue weighted by Gasteiger charge is 2.36. The Bertz CT molecular complexity index is 981. The van der Waals surface area contributed by atoms with Gasteiger partial charge in [-0.2, -0.15) is 10.2 Å². The Morgan fingerprint density at radius 1 is 0.923 bits per heavy atom. The first kappa shape index (κ1) is 15.8.